The molecule has 15 nitrogen and oxygen atoms in total. The van der Waals surface area contributed by atoms with Crippen molar-refractivity contribution in [1.29, 1.82) is 0 Å². The molecule has 2 saturated heterocycles. The Hall–Kier alpha value is -6.12. The molecule has 2 aromatic carbocycles. The van der Waals surface area contributed by atoms with Gasteiger partial charge in [0.25, 0.3) is 0 Å². The molecule has 4 N–H and O–H groups in total. The number of methoxy groups -OCH3 is 2. The number of fused-ring (bicyclic) bond motifs is 5. The van der Waals surface area contributed by atoms with E-state index < -0.39 is 24.3 Å². The molecule has 4 amide bonds. The lowest BCUT2D eigenvalue weighted by Crippen LogP contribution is -2.51. The number of furan rings is 1. The minimum Gasteiger partial charge on any atom is -0.456 e. The maximum atomic E-state index is 13.7. The summed E-state index contributed by atoms with van der Waals surface area (Å²) in [6.45, 7) is 8.80. The van der Waals surface area contributed by atoms with Gasteiger partial charge in [-0.3, -0.25) is 9.59 Å². The Morgan fingerprint density at radius 2 is 1.27 bits per heavy atom. The Kier molecular flexibility index (Phi) is 10.9. The average Bonchev–Trinajstić information content (AvgIpc) is 4.09. The molecule has 15 heteroatoms. The number of H-pyrrole nitrogens is 2. The summed E-state index contributed by atoms with van der Waals surface area (Å²) < 4.78 is 16.1. The zero-order valence-electron chi connectivity index (χ0n) is 34.4. The lowest BCUT2D eigenvalue weighted by Gasteiger charge is -2.30. The van der Waals surface area contributed by atoms with E-state index in [1.807, 2.05) is 62.0 Å². The molecule has 1 aliphatic carbocycles. The molecule has 310 valence electrons. The summed E-state index contributed by atoms with van der Waals surface area (Å²) in [5.74, 6) is 1.82. The van der Waals surface area contributed by atoms with Gasteiger partial charge < -0.3 is 44.3 Å². The topological polar surface area (TPSA) is 188 Å². The number of benzene rings is 2. The molecule has 3 aliphatic rings. The average molecular weight is 805 g/mol. The number of carbonyl (C=O) groups excluding carboxylic acids is 4. The SMILES string of the molecule is COC(=O)NC(C(=O)N1CCCC1c1ncc(-c2ccc3c(c2)CCc2c-3oc3ccc(-c4cnc(C5CCCN5C(=O)C(NC(=O)OC)C(C)C)[nH]4)cc23)[nH]1)C(C)C. The van der Waals surface area contributed by atoms with Gasteiger partial charge in [-0.1, -0.05) is 39.8 Å². The van der Waals surface area contributed by atoms with Crippen LogP contribution in [0.1, 0.15) is 88.2 Å². The van der Waals surface area contributed by atoms with Gasteiger partial charge in [-0.2, -0.15) is 0 Å². The van der Waals surface area contributed by atoms with Gasteiger partial charge >= 0.3 is 12.2 Å². The Labute approximate surface area is 342 Å². The number of ether oxygens (including phenoxy) is 2. The predicted octanol–water partition coefficient (Wildman–Crippen LogP) is 7.07. The zero-order chi connectivity index (χ0) is 41.5. The van der Waals surface area contributed by atoms with Crippen LogP contribution in [-0.2, 0) is 31.9 Å². The van der Waals surface area contributed by atoms with Gasteiger partial charge in [0.1, 0.15) is 35.1 Å². The number of rotatable bonds is 10. The van der Waals surface area contributed by atoms with Crippen molar-refractivity contribution in [2.45, 2.75) is 90.4 Å². The van der Waals surface area contributed by atoms with Gasteiger partial charge in [0.2, 0.25) is 11.8 Å². The summed E-state index contributed by atoms with van der Waals surface area (Å²) in [7, 11) is 2.58. The summed E-state index contributed by atoms with van der Waals surface area (Å²) in [6.07, 6.45) is 7.29. The molecule has 59 heavy (non-hydrogen) atoms. The molecule has 2 aliphatic heterocycles. The summed E-state index contributed by atoms with van der Waals surface area (Å²) in [5.41, 5.74) is 7.94. The third kappa shape index (κ3) is 7.54. The number of alkyl carbamates (subject to hydrolysis) is 2. The van der Waals surface area contributed by atoms with Crippen LogP contribution in [0.5, 0.6) is 0 Å². The van der Waals surface area contributed by atoms with Crippen LogP contribution < -0.4 is 10.6 Å². The van der Waals surface area contributed by atoms with Crippen molar-refractivity contribution in [3.8, 4) is 33.8 Å². The quantitative estimate of drug-likeness (QED) is 0.115. The van der Waals surface area contributed by atoms with Crippen molar-refractivity contribution < 1.29 is 33.1 Å². The fourth-order valence-electron chi connectivity index (χ4n) is 8.92. The van der Waals surface area contributed by atoms with Gasteiger partial charge in [0.15, 0.2) is 0 Å². The first kappa shape index (κ1) is 39.7. The molecular weight excluding hydrogens is 753 g/mol. The van der Waals surface area contributed by atoms with E-state index in [9.17, 15) is 19.2 Å². The van der Waals surface area contributed by atoms with Crippen molar-refractivity contribution in [3.63, 3.8) is 0 Å². The normalized spacial score (nSPS) is 18.5. The Morgan fingerprint density at radius 3 is 1.80 bits per heavy atom. The smallest absolute Gasteiger partial charge is 0.407 e. The third-order valence-electron chi connectivity index (χ3n) is 12.1. The van der Waals surface area contributed by atoms with Crippen LogP contribution in [0.15, 0.2) is 53.2 Å². The highest BCUT2D eigenvalue weighted by molar-refractivity contribution is 5.93. The highest BCUT2D eigenvalue weighted by Gasteiger charge is 2.39. The number of hydrogen-bond acceptors (Lipinski definition) is 9. The van der Waals surface area contributed by atoms with E-state index in [4.69, 9.17) is 23.9 Å². The molecular formula is C44H52N8O7. The first-order chi connectivity index (χ1) is 28.4. The van der Waals surface area contributed by atoms with E-state index in [1.165, 1.54) is 25.3 Å². The molecule has 0 saturated carbocycles. The van der Waals surface area contributed by atoms with Gasteiger partial charge in [-0.25, -0.2) is 19.6 Å². The fraction of sp³-hybridized carbons (Fsp3) is 0.455. The van der Waals surface area contributed by atoms with E-state index in [2.05, 4.69) is 44.9 Å². The molecule has 4 unspecified atom stereocenters. The molecule has 2 fully saturated rings. The van der Waals surface area contributed by atoms with Crippen LogP contribution >= 0.6 is 0 Å². The second-order valence-electron chi connectivity index (χ2n) is 16.5. The molecule has 4 atom stereocenters. The van der Waals surface area contributed by atoms with Crippen LogP contribution in [0.2, 0.25) is 0 Å². The maximum Gasteiger partial charge on any atom is 0.407 e. The van der Waals surface area contributed by atoms with Crippen molar-refractivity contribution >= 4 is 35.0 Å². The second-order valence-corrected chi connectivity index (χ2v) is 16.5. The minimum absolute atomic E-state index is 0.110. The number of nitrogens with one attached hydrogen (secondary N) is 4. The molecule has 0 spiro atoms. The van der Waals surface area contributed by atoms with Crippen molar-refractivity contribution in [3.05, 3.63) is 71.6 Å². The Morgan fingerprint density at radius 1 is 0.746 bits per heavy atom. The molecule has 0 bridgehead atoms. The largest absolute Gasteiger partial charge is 0.456 e. The monoisotopic (exact) mass is 804 g/mol. The molecule has 5 aromatic rings. The van der Waals surface area contributed by atoms with Gasteiger partial charge in [-0.05, 0) is 85.8 Å². The lowest BCUT2D eigenvalue weighted by molar-refractivity contribution is -0.136. The summed E-state index contributed by atoms with van der Waals surface area (Å²) in [6, 6.07) is 10.7. The summed E-state index contributed by atoms with van der Waals surface area (Å²) in [4.78, 5) is 71.4. The number of likely N-dealkylation sites (tertiary alicyclic amines) is 2. The summed E-state index contributed by atoms with van der Waals surface area (Å²) in [5, 5.41) is 6.48. The highest BCUT2D eigenvalue weighted by atomic mass is 16.5. The van der Waals surface area contributed by atoms with Crippen LogP contribution in [0, 0.1) is 11.8 Å². The maximum absolute atomic E-state index is 13.7. The number of aryl methyl sites for hydroxylation is 2. The number of amides is 4. The number of nitrogens with zero attached hydrogens (tertiary/aromatic N) is 4. The Bertz CT molecular complexity index is 2390. The predicted molar refractivity (Wildman–Crippen MR) is 220 cm³/mol. The minimum atomic E-state index is -0.698. The van der Waals surface area contributed by atoms with Crippen LogP contribution in [-0.4, -0.2) is 93.1 Å². The summed E-state index contributed by atoms with van der Waals surface area (Å²) >= 11 is 0. The van der Waals surface area contributed by atoms with Crippen LogP contribution in [0.25, 0.3) is 44.8 Å². The first-order valence-corrected chi connectivity index (χ1v) is 20.5. The number of imidazole rings is 2. The van der Waals surface area contributed by atoms with Crippen molar-refractivity contribution in [1.82, 2.24) is 40.4 Å². The van der Waals surface area contributed by atoms with E-state index in [-0.39, 0.29) is 35.7 Å². The molecule has 5 heterocycles. The molecule has 3 aromatic heterocycles. The molecule has 8 rings (SSSR count). The third-order valence-corrected chi connectivity index (χ3v) is 12.1. The van der Waals surface area contributed by atoms with Gasteiger partial charge in [0, 0.05) is 35.2 Å². The van der Waals surface area contributed by atoms with Crippen molar-refractivity contribution in [2.75, 3.05) is 27.3 Å². The zero-order valence-corrected chi connectivity index (χ0v) is 34.4. The number of aromatic nitrogens is 4. The second kappa shape index (κ2) is 16.3. The fourth-order valence-corrected chi connectivity index (χ4v) is 8.92. The Balaban J connectivity index is 0.995. The van der Waals surface area contributed by atoms with Gasteiger partial charge in [-0.15, -0.1) is 0 Å². The van der Waals surface area contributed by atoms with E-state index in [0.717, 1.165) is 95.0 Å². The van der Waals surface area contributed by atoms with Gasteiger partial charge in [0.05, 0.1) is 50.1 Å². The standard InChI is InChI=1S/C44H52N8O7/c1-23(2)36(49-43(55)57-5)41(53)51-17-7-9-33(51)39-45-21-31(47-39)26-12-14-28-25(19-26)11-15-29-30-20-27(13-16-35(30)59-38(28)29)32-22-46-40(48-32)34-10-8-18-52(34)42(54)37(24(3)4)50-44(56)58-6/h12-14,16,19-24,33-34,36-37H,7-11,15,17-18H2,1-6H3,(H,45,47)(H,46,48)(H,49,55)(H,50,56). The number of carbonyl (C=O) groups is 4. The van der Waals surface area contributed by atoms with Crippen LogP contribution in [0.3, 0.4) is 0 Å². The number of hydrogen-bond donors (Lipinski definition) is 4. The van der Waals surface area contributed by atoms with E-state index >= 15 is 0 Å². The van der Waals surface area contributed by atoms with E-state index in [1.54, 1.807) is 0 Å². The molecule has 0 radical (unpaired) electrons. The van der Waals surface area contributed by atoms with Crippen molar-refractivity contribution in [2.24, 2.45) is 11.8 Å². The lowest BCUT2D eigenvalue weighted by atomic mass is 9.88. The highest BCUT2D eigenvalue weighted by Crippen LogP contribution is 2.43. The first-order valence-electron chi connectivity index (χ1n) is 20.5. The van der Waals surface area contributed by atoms with Crippen LogP contribution in [0.4, 0.5) is 9.59 Å². The van der Waals surface area contributed by atoms with E-state index in [0.29, 0.717) is 13.1 Å². The number of aromatic amines is 2.